The summed E-state index contributed by atoms with van der Waals surface area (Å²) in [5.41, 5.74) is 6.46. The molecular weight excluding hydrogens is 496 g/mol. The molecule has 5 aromatic carbocycles. The second-order valence-electron chi connectivity index (χ2n) is 10.1. The molecular formula is C35H28N2O3. The second kappa shape index (κ2) is 9.31. The number of ether oxygens (including phenoxy) is 2. The summed E-state index contributed by atoms with van der Waals surface area (Å²) >= 11 is 0. The van der Waals surface area contributed by atoms with Crippen molar-refractivity contribution < 1.29 is 14.3 Å². The molecule has 2 aliphatic rings. The summed E-state index contributed by atoms with van der Waals surface area (Å²) in [4.78, 5) is 16.2. The molecule has 0 atom stereocenters. The first kappa shape index (κ1) is 24.0. The topological polar surface area (TPSA) is 50.8 Å². The third-order valence-electron chi connectivity index (χ3n) is 7.86. The number of benzene rings is 5. The molecule has 5 heteroatoms. The Labute approximate surface area is 233 Å². The molecule has 40 heavy (non-hydrogen) atoms. The van der Waals surface area contributed by atoms with E-state index < -0.39 is 5.60 Å². The first-order chi connectivity index (χ1) is 19.6. The van der Waals surface area contributed by atoms with Crippen LogP contribution in [0.15, 0.2) is 115 Å². The van der Waals surface area contributed by atoms with Gasteiger partial charge in [0.1, 0.15) is 11.5 Å². The Bertz CT molecular complexity index is 1720. The Morgan fingerprint density at radius 2 is 1.45 bits per heavy atom. The molecule has 0 fully saturated rings. The van der Waals surface area contributed by atoms with Gasteiger partial charge in [0.25, 0.3) is 0 Å². The fourth-order valence-electron chi connectivity index (χ4n) is 5.94. The number of nitrogens with one attached hydrogen (secondary N) is 1. The zero-order chi connectivity index (χ0) is 27.3. The average molecular weight is 525 g/mol. The van der Waals surface area contributed by atoms with Gasteiger partial charge in [0.15, 0.2) is 5.60 Å². The molecule has 5 aromatic rings. The van der Waals surface area contributed by atoms with Crippen LogP contribution in [0.4, 0.5) is 22.7 Å². The summed E-state index contributed by atoms with van der Waals surface area (Å²) in [6.07, 6.45) is 0.924. The molecule has 0 aromatic heterocycles. The number of rotatable bonds is 5. The van der Waals surface area contributed by atoms with Gasteiger partial charge in [-0.1, -0.05) is 73.7 Å². The quantitative estimate of drug-likeness (QED) is 0.234. The summed E-state index contributed by atoms with van der Waals surface area (Å²) in [7, 11) is 2.02. The van der Waals surface area contributed by atoms with Crippen molar-refractivity contribution in [2.45, 2.75) is 18.9 Å². The summed E-state index contributed by atoms with van der Waals surface area (Å²) in [6, 6.07) is 38.1. The van der Waals surface area contributed by atoms with Crippen LogP contribution in [0.1, 0.15) is 39.5 Å². The van der Waals surface area contributed by atoms with Crippen LogP contribution in [0, 0.1) is 0 Å². The number of hydrogen-bond donors (Lipinski definition) is 1. The van der Waals surface area contributed by atoms with Gasteiger partial charge in [0, 0.05) is 40.8 Å². The number of carbonyl (C=O) groups excluding carboxylic acids is 1. The third kappa shape index (κ3) is 3.58. The summed E-state index contributed by atoms with van der Waals surface area (Å²) in [6.45, 7) is 2.13. The lowest BCUT2D eigenvalue weighted by Crippen LogP contribution is -2.34. The van der Waals surface area contributed by atoms with E-state index in [1.807, 2.05) is 92.0 Å². The van der Waals surface area contributed by atoms with E-state index in [0.717, 1.165) is 40.2 Å². The highest BCUT2D eigenvalue weighted by atomic mass is 16.6. The van der Waals surface area contributed by atoms with Crippen molar-refractivity contribution in [1.82, 2.24) is 0 Å². The minimum atomic E-state index is -1.18. The molecule has 196 valence electrons. The van der Waals surface area contributed by atoms with E-state index in [1.165, 1.54) is 5.56 Å². The summed E-state index contributed by atoms with van der Waals surface area (Å²) in [5.74, 6) is 0.965. The van der Waals surface area contributed by atoms with Crippen LogP contribution < -0.4 is 15.0 Å². The fraction of sp³-hybridized carbons (Fsp3) is 0.114. The average Bonchev–Trinajstić information content (AvgIpc) is 3.31. The second-order valence-corrected chi connectivity index (χ2v) is 10.1. The molecule has 2 aliphatic heterocycles. The van der Waals surface area contributed by atoms with Gasteiger partial charge in [-0.2, -0.15) is 0 Å². The largest absolute Gasteiger partial charge is 0.456 e. The highest BCUT2D eigenvalue weighted by Gasteiger charge is 2.56. The van der Waals surface area contributed by atoms with Crippen molar-refractivity contribution in [1.29, 1.82) is 0 Å². The fourth-order valence-corrected chi connectivity index (χ4v) is 5.94. The predicted molar refractivity (Wildman–Crippen MR) is 158 cm³/mol. The van der Waals surface area contributed by atoms with Crippen molar-refractivity contribution in [2.24, 2.45) is 0 Å². The number of para-hydroxylation sites is 3. The number of aryl methyl sites for hydroxylation is 1. The van der Waals surface area contributed by atoms with E-state index in [-0.39, 0.29) is 5.97 Å². The molecule has 0 aliphatic carbocycles. The lowest BCUT2D eigenvalue weighted by molar-refractivity contribution is 0.0226. The highest BCUT2D eigenvalue weighted by Crippen LogP contribution is 2.59. The number of esters is 1. The SMILES string of the molecule is CCc1cccc(Nc2ccc(N(C)c3ccccc3)c3c2C(=O)OC32c3ccccc3Oc3ccccc32)c1. The van der Waals surface area contributed by atoms with Crippen LogP contribution in [-0.4, -0.2) is 13.0 Å². The summed E-state index contributed by atoms with van der Waals surface area (Å²) < 4.78 is 12.9. The molecule has 1 spiro atoms. The number of anilines is 4. The number of nitrogens with zero attached hydrogens (tertiary/aromatic N) is 1. The van der Waals surface area contributed by atoms with Crippen LogP contribution in [0.5, 0.6) is 11.5 Å². The van der Waals surface area contributed by atoms with Crippen LogP contribution in [0.25, 0.3) is 0 Å². The van der Waals surface area contributed by atoms with Crippen molar-refractivity contribution in [3.05, 3.63) is 143 Å². The minimum absolute atomic E-state index is 0.376. The molecule has 0 amide bonds. The maximum absolute atomic E-state index is 14.1. The van der Waals surface area contributed by atoms with Crippen LogP contribution in [0.3, 0.4) is 0 Å². The highest BCUT2D eigenvalue weighted by molar-refractivity contribution is 6.05. The van der Waals surface area contributed by atoms with Gasteiger partial charge in [-0.3, -0.25) is 0 Å². The standard InChI is InChI=1S/C35H28N2O3/c1-3-23-12-11-13-24(22-23)36-28-20-21-29(37(2)25-14-5-4-6-15-25)33-32(28)34(38)40-35(33)26-16-7-9-18-30(26)39-31-19-10-8-17-27(31)35/h4-22,36H,3H2,1-2H3. The Hall–Kier alpha value is -5.03. The molecule has 0 bridgehead atoms. The van der Waals surface area contributed by atoms with Crippen LogP contribution in [0.2, 0.25) is 0 Å². The van der Waals surface area contributed by atoms with E-state index in [1.54, 1.807) is 0 Å². The van der Waals surface area contributed by atoms with Gasteiger partial charge >= 0.3 is 5.97 Å². The van der Waals surface area contributed by atoms with Gasteiger partial charge < -0.3 is 19.7 Å². The molecule has 2 heterocycles. The van der Waals surface area contributed by atoms with Gasteiger partial charge in [-0.15, -0.1) is 0 Å². The van der Waals surface area contributed by atoms with E-state index in [0.29, 0.717) is 22.7 Å². The van der Waals surface area contributed by atoms with Gasteiger partial charge in [-0.05, 0) is 60.5 Å². The first-order valence-corrected chi connectivity index (χ1v) is 13.5. The van der Waals surface area contributed by atoms with E-state index in [4.69, 9.17) is 9.47 Å². The Balaban J connectivity index is 1.53. The summed E-state index contributed by atoms with van der Waals surface area (Å²) in [5, 5.41) is 3.53. The maximum Gasteiger partial charge on any atom is 0.342 e. The maximum atomic E-state index is 14.1. The van der Waals surface area contributed by atoms with E-state index >= 15 is 0 Å². The third-order valence-corrected chi connectivity index (χ3v) is 7.86. The van der Waals surface area contributed by atoms with Gasteiger partial charge in [0.05, 0.1) is 11.3 Å². The van der Waals surface area contributed by atoms with Crippen molar-refractivity contribution in [3.63, 3.8) is 0 Å². The zero-order valence-corrected chi connectivity index (χ0v) is 22.3. The first-order valence-electron chi connectivity index (χ1n) is 13.5. The lowest BCUT2D eigenvalue weighted by atomic mass is 9.76. The van der Waals surface area contributed by atoms with Crippen LogP contribution in [-0.2, 0) is 16.8 Å². The molecule has 7 rings (SSSR count). The molecule has 1 N–H and O–H groups in total. The zero-order valence-electron chi connectivity index (χ0n) is 22.3. The molecule has 0 saturated carbocycles. The van der Waals surface area contributed by atoms with Crippen molar-refractivity contribution >= 4 is 28.7 Å². The normalized spacial score (nSPS) is 14.0. The molecule has 0 saturated heterocycles. The van der Waals surface area contributed by atoms with Crippen LogP contribution >= 0.6 is 0 Å². The molecule has 0 radical (unpaired) electrons. The predicted octanol–water partition coefficient (Wildman–Crippen LogP) is 8.33. The van der Waals surface area contributed by atoms with E-state index in [2.05, 4.69) is 47.5 Å². The monoisotopic (exact) mass is 524 g/mol. The molecule has 0 unspecified atom stereocenters. The van der Waals surface area contributed by atoms with Gasteiger partial charge in [-0.25, -0.2) is 4.79 Å². The Kier molecular flexibility index (Phi) is 5.60. The lowest BCUT2D eigenvalue weighted by Gasteiger charge is -2.38. The number of fused-ring (bicyclic) bond motifs is 6. The number of carbonyl (C=O) groups is 1. The smallest absolute Gasteiger partial charge is 0.342 e. The Morgan fingerprint density at radius 1 is 0.775 bits per heavy atom. The van der Waals surface area contributed by atoms with E-state index in [9.17, 15) is 4.79 Å². The number of hydrogen-bond acceptors (Lipinski definition) is 5. The van der Waals surface area contributed by atoms with Crippen molar-refractivity contribution in [3.8, 4) is 11.5 Å². The molecule has 5 nitrogen and oxygen atoms in total. The Morgan fingerprint density at radius 3 is 2.15 bits per heavy atom. The van der Waals surface area contributed by atoms with Gasteiger partial charge in [0.2, 0.25) is 0 Å². The minimum Gasteiger partial charge on any atom is -0.456 e. The van der Waals surface area contributed by atoms with Crippen molar-refractivity contribution in [2.75, 3.05) is 17.3 Å².